The number of aryl methyl sites for hydroxylation is 2. The summed E-state index contributed by atoms with van der Waals surface area (Å²) >= 11 is 0. The van der Waals surface area contributed by atoms with Crippen LogP contribution in [0.15, 0.2) is 48.7 Å². The summed E-state index contributed by atoms with van der Waals surface area (Å²) in [7, 11) is 0. The highest BCUT2D eigenvalue weighted by Crippen LogP contribution is 2.23. The smallest absolute Gasteiger partial charge is 0.258 e. The average Bonchev–Trinajstić information content (AvgIpc) is 2.85. The Hall–Kier alpha value is -2.95. The molecule has 0 unspecified atom stereocenters. The number of pyridine rings is 1. The summed E-state index contributed by atoms with van der Waals surface area (Å²) in [6, 6.07) is 12.0. The Labute approximate surface area is 140 Å². The van der Waals surface area contributed by atoms with E-state index in [2.05, 4.69) is 10.3 Å². The summed E-state index contributed by atoms with van der Waals surface area (Å²) in [5.74, 6) is -0.0579. The van der Waals surface area contributed by atoms with E-state index in [9.17, 15) is 9.18 Å². The zero-order valence-electron chi connectivity index (χ0n) is 13.8. The average molecular weight is 323 g/mol. The molecule has 0 spiro atoms. The van der Waals surface area contributed by atoms with Crippen LogP contribution in [-0.4, -0.2) is 15.5 Å². The molecule has 2 heterocycles. The molecule has 3 aromatic rings. The minimum absolute atomic E-state index is 0.257. The normalized spacial score (nSPS) is 10.7. The molecule has 0 radical (unpaired) electrons. The molecule has 0 aliphatic rings. The van der Waals surface area contributed by atoms with E-state index < -0.39 is 0 Å². The van der Waals surface area contributed by atoms with Gasteiger partial charge in [-0.25, -0.2) is 9.37 Å². The van der Waals surface area contributed by atoms with Crippen LogP contribution in [-0.2, 0) is 0 Å². The molecule has 0 atom stereocenters. The topological polar surface area (TPSA) is 46.9 Å². The second kappa shape index (κ2) is 6.28. The monoisotopic (exact) mass is 323 g/mol. The Bertz CT molecular complexity index is 915. The van der Waals surface area contributed by atoms with Gasteiger partial charge in [-0.3, -0.25) is 4.79 Å². The number of para-hydroxylation sites is 1. The molecule has 1 N–H and O–H groups in total. The Balaban J connectivity index is 1.99. The standard InChI is InChI=1S/C19H18FN3O/c1-12-7-6-10-21-18(12)22-19(24)15-11-13(2)23(14(15)3)17-9-5-4-8-16(17)20/h4-11H,1-3H3,(H,21,22,24). The minimum atomic E-state index is -0.327. The van der Waals surface area contributed by atoms with E-state index in [1.165, 1.54) is 6.07 Å². The summed E-state index contributed by atoms with van der Waals surface area (Å²) in [6.07, 6.45) is 1.63. The number of anilines is 1. The summed E-state index contributed by atoms with van der Waals surface area (Å²) in [5, 5.41) is 2.82. The molecule has 3 rings (SSSR count). The van der Waals surface area contributed by atoms with Gasteiger partial charge in [-0.1, -0.05) is 18.2 Å². The summed E-state index contributed by atoms with van der Waals surface area (Å²) in [4.78, 5) is 16.8. The first-order valence-corrected chi connectivity index (χ1v) is 7.66. The van der Waals surface area contributed by atoms with Gasteiger partial charge in [0.15, 0.2) is 0 Å². The van der Waals surface area contributed by atoms with Crippen molar-refractivity contribution < 1.29 is 9.18 Å². The maximum absolute atomic E-state index is 14.1. The fourth-order valence-electron chi connectivity index (χ4n) is 2.79. The lowest BCUT2D eigenvalue weighted by Gasteiger charge is -2.11. The van der Waals surface area contributed by atoms with Gasteiger partial charge in [0, 0.05) is 17.6 Å². The molecule has 0 bridgehead atoms. The predicted octanol–water partition coefficient (Wildman–Crippen LogP) is 4.19. The third kappa shape index (κ3) is 2.80. The zero-order chi connectivity index (χ0) is 17.3. The Morgan fingerprint density at radius 2 is 1.88 bits per heavy atom. The highest BCUT2D eigenvalue weighted by molar-refractivity contribution is 6.05. The molecule has 5 heteroatoms. The van der Waals surface area contributed by atoms with Crippen molar-refractivity contribution in [2.24, 2.45) is 0 Å². The number of hydrogen-bond acceptors (Lipinski definition) is 2. The second-order valence-electron chi connectivity index (χ2n) is 5.69. The Morgan fingerprint density at radius 1 is 1.12 bits per heavy atom. The van der Waals surface area contributed by atoms with Crippen LogP contribution in [0.4, 0.5) is 10.2 Å². The van der Waals surface area contributed by atoms with Crippen molar-refractivity contribution >= 4 is 11.7 Å². The molecule has 0 saturated carbocycles. The van der Waals surface area contributed by atoms with E-state index in [4.69, 9.17) is 0 Å². The van der Waals surface area contributed by atoms with Crippen molar-refractivity contribution in [3.63, 3.8) is 0 Å². The molecule has 1 amide bonds. The molecule has 24 heavy (non-hydrogen) atoms. The van der Waals surface area contributed by atoms with Crippen molar-refractivity contribution in [1.82, 2.24) is 9.55 Å². The van der Waals surface area contributed by atoms with Gasteiger partial charge >= 0.3 is 0 Å². The van der Waals surface area contributed by atoms with Crippen LogP contribution in [0.1, 0.15) is 27.3 Å². The zero-order valence-corrected chi connectivity index (χ0v) is 13.8. The van der Waals surface area contributed by atoms with Crippen LogP contribution < -0.4 is 5.32 Å². The highest BCUT2D eigenvalue weighted by Gasteiger charge is 2.19. The maximum Gasteiger partial charge on any atom is 0.258 e. The maximum atomic E-state index is 14.1. The SMILES string of the molecule is Cc1cccnc1NC(=O)c1cc(C)n(-c2ccccc2F)c1C. The highest BCUT2D eigenvalue weighted by atomic mass is 19.1. The van der Waals surface area contributed by atoms with Gasteiger partial charge in [0.25, 0.3) is 5.91 Å². The van der Waals surface area contributed by atoms with Crippen molar-refractivity contribution in [3.05, 3.63) is 77.0 Å². The minimum Gasteiger partial charge on any atom is -0.315 e. The summed E-state index contributed by atoms with van der Waals surface area (Å²) in [6.45, 7) is 5.53. The molecule has 2 aromatic heterocycles. The van der Waals surface area contributed by atoms with Crippen LogP contribution in [0.25, 0.3) is 5.69 Å². The lowest BCUT2D eigenvalue weighted by Crippen LogP contribution is -2.15. The largest absolute Gasteiger partial charge is 0.315 e. The van der Waals surface area contributed by atoms with Crippen molar-refractivity contribution in [2.75, 3.05) is 5.32 Å². The quantitative estimate of drug-likeness (QED) is 0.785. The van der Waals surface area contributed by atoms with E-state index in [1.807, 2.05) is 26.0 Å². The first-order chi connectivity index (χ1) is 11.5. The first kappa shape index (κ1) is 15.9. The van der Waals surface area contributed by atoms with E-state index in [0.29, 0.717) is 22.8 Å². The third-order valence-corrected chi connectivity index (χ3v) is 4.01. The van der Waals surface area contributed by atoms with Gasteiger partial charge in [-0.15, -0.1) is 0 Å². The lowest BCUT2D eigenvalue weighted by molar-refractivity contribution is 0.102. The molecule has 1 aromatic carbocycles. The van der Waals surface area contributed by atoms with E-state index >= 15 is 0 Å². The van der Waals surface area contributed by atoms with E-state index in [0.717, 1.165) is 11.3 Å². The van der Waals surface area contributed by atoms with Gasteiger partial charge in [-0.2, -0.15) is 0 Å². The third-order valence-electron chi connectivity index (χ3n) is 4.01. The molecular formula is C19H18FN3O. The van der Waals surface area contributed by atoms with Gasteiger partial charge in [0.2, 0.25) is 0 Å². The number of rotatable bonds is 3. The van der Waals surface area contributed by atoms with E-state index in [1.54, 1.807) is 42.0 Å². The van der Waals surface area contributed by atoms with Crippen molar-refractivity contribution in [3.8, 4) is 5.69 Å². The fourth-order valence-corrected chi connectivity index (χ4v) is 2.79. The molecule has 0 aliphatic heterocycles. The molecule has 0 fully saturated rings. The molecule has 0 saturated heterocycles. The van der Waals surface area contributed by atoms with E-state index in [-0.39, 0.29) is 11.7 Å². The van der Waals surface area contributed by atoms with Gasteiger partial charge in [0.05, 0.1) is 11.3 Å². The number of hydrogen-bond donors (Lipinski definition) is 1. The number of nitrogens with one attached hydrogen (secondary N) is 1. The number of halogens is 1. The van der Waals surface area contributed by atoms with Crippen molar-refractivity contribution in [2.45, 2.75) is 20.8 Å². The number of benzene rings is 1. The Morgan fingerprint density at radius 3 is 2.58 bits per heavy atom. The Kier molecular flexibility index (Phi) is 4.16. The molecular weight excluding hydrogens is 305 g/mol. The van der Waals surface area contributed by atoms with Gasteiger partial charge in [0.1, 0.15) is 11.6 Å². The van der Waals surface area contributed by atoms with Crippen LogP contribution >= 0.6 is 0 Å². The summed E-state index contributed by atoms with van der Waals surface area (Å²) in [5.41, 5.74) is 3.29. The number of carbonyl (C=O) groups is 1. The van der Waals surface area contributed by atoms with Crippen molar-refractivity contribution in [1.29, 1.82) is 0 Å². The number of aromatic nitrogens is 2. The summed E-state index contributed by atoms with van der Waals surface area (Å²) < 4.78 is 15.9. The van der Waals surface area contributed by atoms with Crippen LogP contribution in [0.3, 0.4) is 0 Å². The lowest BCUT2D eigenvalue weighted by atomic mass is 10.2. The van der Waals surface area contributed by atoms with Gasteiger partial charge < -0.3 is 9.88 Å². The molecule has 0 aliphatic carbocycles. The molecule has 4 nitrogen and oxygen atoms in total. The van der Waals surface area contributed by atoms with Crippen LogP contribution in [0, 0.1) is 26.6 Å². The first-order valence-electron chi connectivity index (χ1n) is 7.66. The van der Waals surface area contributed by atoms with Gasteiger partial charge in [-0.05, 0) is 50.6 Å². The number of amides is 1. The predicted molar refractivity (Wildman–Crippen MR) is 92.1 cm³/mol. The second-order valence-corrected chi connectivity index (χ2v) is 5.69. The number of nitrogens with zero attached hydrogens (tertiary/aromatic N) is 2. The fraction of sp³-hybridized carbons (Fsp3) is 0.158. The van der Waals surface area contributed by atoms with Crippen LogP contribution in [0.5, 0.6) is 0 Å². The van der Waals surface area contributed by atoms with Crippen LogP contribution in [0.2, 0.25) is 0 Å². The number of carbonyl (C=O) groups excluding carboxylic acids is 1. The molecule has 122 valence electrons.